The van der Waals surface area contributed by atoms with Gasteiger partial charge in [0.15, 0.2) is 11.5 Å². The average molecular weight is 387 g/mol. The number of hydrogen-bond donors (Lipinski definition) is 3. The minimum absolute atomic E-state index is 0.163. The van der Waals surface area contributed by atoms with E-state index in [2.05, 4.69) is 7.05 Å². The summed E-state index contributed by atoms with van der Waals surface area (Å²) in [6.07, 6.45) is 1.70. The number of fused-ring (bicyclic) bond motifs is 1. The van der Waals surface area contributed by atoms with Crippen molar-refractivity contribution >= 4 is 23.5 Å². The Labute approximate surface area is 163 Å². The first-order valence-electron chi connectivity index (χ1n) is 9.21. The van der Waals surface area contributed by atoms with Crippen LogP contribution >= 0.6 is 11.6 Å². The van der Waals surface area contributed by atoms with Crippen LogP contribution in [0.25, 0.3) is 6.08 Å². The quantitative estimate of drug-likeness (QED) is 0.676. The van der Waals surface area contributed by atoms with Gasteiger partial charge in [-0.2, -0.15) is 0 Å². The van der Waals surface area contributed by atoms with Crippen LogP contribution in [0.15, 0.2) is 42.2 Å². The molecule has 0 amide bonds. The Morgan fingerprint density at radius 3 is 2.70 bits per heavy atom. The van der Waals surface area contributed by atoms with Crippen LogP contribution in [-0.2, 0) is 6.54 Å². The van der Waals surface area contributed by atoms with Crippen molar-refractivity contribution in [2.24, 2.45) is 0 Å². The monoisotopic (exact) mass is 386 g/mol. The highest BCUT2D eigenvalue weighted by Gasteiger charge is 2.33. The second kappa shape index (κ2) is 7.35. The fraction of sp³-hybridized carbons (Fsp3) is 0.286. The molecular formula is C21H23ClN2O3+2. The number of ether oxygens (including phenoxy) is 1. The number of Topliss-reactive ketones (excluding diaryl/α,β-unsaturated/α-hetero) is 1. The highest BCUT2D eigenvalue weighted by molar-refractivity contribution is 6.30. The Kier molecular flexibility index (Phi) is 4.91. The first-order valence-corrected chi connectivity index (χ1v) is 9.58. The smallest absolute Gasteiger partial charge is 0.231 e. The van der Waals surface area contributed by atoms with Crippen molar-refractivity contribution in [3.8, 4) is 11.5 Å². The molecule has 0 radical (unpaired) electrons. The highest BCUT2D eigenvalue weighted by atomic mass is 35.5. The number of nitrogens with one attached hydrogen (secondary N) is 2. The van der Waals surface area contributed by atoms with Gasteiger partial charge in [0.2, 0.25) is 5.78 Å². The second-order valence-electron chi connectivity index (χ2n) is 7.32. The molecule has 0 atom stereocenters. The number of carbonyl (C=O) groups excluding carboxylic acids is 1. The van der Waals surface area contributed by atoms with Gasteiger partial charge in [0.25, 0.3) is 0 Å². The largest absolute Gasteiger partial charge is 0.507 e. The summed E-state index contributed by atoms with van der Waals surface area (Å²) < 4.78 is 5.93. The van der Waals surface area contributed by atoms with Gasteiger partial charge in [-0.15, -0.1) is 0 Å². The van der Waals surface area contributed by atoms with Crippen LogP contribution in [0, 0.1) is 0 Å². The molecule has 2 aromatic carbocycles. The third-order valence-electron chi connectivity index (χ3n) is 5.30. The molecule has 4 rings (SSSR count). The molecule has 2 heterocycles. The van der Waals surface area contributed by atoms with Gasteiger partial charge in [0, 0.05) is 5.02 Å². The van der Waals surface area contributed by atoms with E-state index in [1.165, 1.54) is 9.80 Å². The Morgan fingerprint density at radius 2 is 1.96 bits per heavy atom. The van der Waals surface area contributed by atoms with E-state index in [1.807, 2.05) is 12.1 Å². The molecule has 2 aliphatic heterocycles. The molecule has 0 unspecified atom stereocenters. The Hall–Kier alpha value is -2.34. The zero-order valence-corrected chi connectivity index (χ0v) is 16.0. The lowest BCUT2D eigenvalue weighted by molar-refractivity contribution is -1.01. The van der Waals surface area contributed by atoms with Crippen LogP contribution < -0.4 is 14.5 Å². The lowest BCUT2D eigenvalue weighted by atomic mass is 10.0. The fourth-order valence-electron chi connectivity index (χ4n) is 3.67. The normalized spacial score (nSPS) is 23.3. The third-order valence-corrected chi connectivity index (χ3v) is 5.54. The van der Waals surface area contributed by atoms with Crippen molar-refractivity contribution in [2.45, 2.75) is 6.54 Å². The summed E-state index contributed by atoms with van der Waals surface area (Å²) in [7, 11) is 2.20. The molecule has 27 heavy (non-hydrogen) atoms. The number of phenolic OH excluding ortho intramolecular Hbond substituents is 1. The van der Waals surface area contributed by atoms with E-state index in [0.717, 1.165) is 31.7 Å². The number of benzene rings is 2. The number of quaternary nitrogens is 2. The van der Waals surface area contributed by atoms with Gasteiger partial charge in [0.05, 0.1) is 18.2 Å². The first-order chi connectivity index (χ1) is 13.0. The number of carbonyl (C=O) groups is 1. The summed E-state index contributed by atoms with van der Waals surface area (Å²) in [5, 5.41) is 11.0. The topological polar surface area (TPSA) is 55.4 Å². The van der Waals surface area contributed by atoms with Crippen LogP contribution in [-0.4, -0.2) is 44.1 Å². The number of phenols is 1. The summed E-state index contributed by atoms with van der Waals surface area (Å²) in [4.78, 5) is 15.7. The van der Waals surface area contributed by atoms with Gasteiger partial charge in [-0.1, -0.05) is 23.7 Å². The molecule has 3 N–H and O–H groups in total. The van der Waals surface area contributed by atoms with Crippen molar-refractivity contribution in [3.63, 3.8) is 0 Å². The molecule has 0 aliphatic carbocycles. The van der Waals surface area contributed by atoms with Gasteiger partial charge >= 0.3 is 0 Å². The molecular weight excluding hydrogens is 364 g/mol. The number of rotatable bonds is 3. The maximum atomic E-state index is 12.8. The van der Waals surface area contributed by atoms with E-state index < -0.39 is 0 Å². The van der Waals surface area contributed by atoms with Crippen LogP contribution in [0.4, 0.5) is 0 Å². The van der Waals surface area contributed by atoms with E-state index >= 15 is 0 Å². The van der Waals surface area contributed by atoms with Crippen LogP contribution in [0.2, 0.25) is 5.02 Å². The molecule has 2 aromatic rings. The summed E-state index contributed by atoms with van der Waals surface area (Å²) in [5.74, 6) is 0.775. The first kappa shape index (κ1) is 18.0. The van der Waals surface area contributed by atoms with Crippen LogP contribution in [0.3, 0.4) is 0 Å². The molecule has 0 spiro atoms. The summed E-state index contributed by atoms with van der Waals surface area (Å²) in [6, 6.07) is 10.5. The molecule has 0 saturated carbocycles. The van der Waals surface area contributed by atoms with E-state index in [0.29, 0.717) is 28.4 Å². The Bertz CT molecular complexity index is 918. The third kappa shape index (κ3) is 3.72. The fourth-order valence-corrected chi connectivity index (χ4v) is 3.87. The predicted octanol–water partition coefficient (Wildman–Crippen LogP) is 0.575. The van der Waals surface area contributed by atoms with Crippen LogP contribution in [0.5, 0.6) is 11.5 Å². The Balaban J connectivity index is 1.63. The SMILES string of the molecule is C[NH+]1CC[NH+](Cc2c(O)ccc3c2O/C(=C\c2cccc(Cl)c2)C3=O)CC1. The van der Waals surface area contributed by atoms with Crippen molar-refractivity contribution in [1.82, 2.24) is 0 Å². The lowest BCUT2D eigenvalue weighted by Gasteiger charge is -2.27. The lowest BCUT2D eigenvalue weighted by Crippen LogP contribution is -3.26. The van der Waals surface area contributed by atoms with Gasteiger partial charge < -0.3 is 19.6 Å². The number of allylic oxidation sites excluding steroid dienone is 1. The molecule has 1 saturated heterocycles. The molecule has 0 bridgehead atoms. The van der Waals surface area contributed by atoms with E-state index in [1.54, 1.807) is 30.3 Å². The summed E-state index contributed by atoms with van der Waals surface area (Å²) >= 11 is 6.03. The number of ketones is 1. The average Bonchev–Trinajstić information content (AvgIpc) is 2.95. The minimum atomic E-state index is -0.163. The molecule has 5 nitrogen and oxygen atoms in total. The number of piperazine rings is 1. The Morgan fingerprint density at radius 1 is 1.19 bits per heavy atom. The number of halogens is 1. The van der Waals surface area contributed by atoms with Gasteiger partial charge in [0.1, 0.15) is 38.5 Å². The number of aromatic hydroxyl groups is 1. The highest BCUT2D eigenvalue weighted by Crippen LogP contribution is 2.39. The number of hydrogen-bond acceptors (Lipinski definition) is 3. The van der Waals surface area contributed by atoms with Crippen molar-refractivity contribution in [1.29, 1.82) is 0 Å². The van der Waals surface area contributed by atoms with E-state index in [4.69, 9.17) is 16.3 Å². The number of likely N-dealkylation sites (N-methyl/N-ethyl adjacent to an activating group) is 1. The zero-order valence-electron chi connectivity index (χ0n) is 15.2. The van der Waals surface area contributed by atoms with Gasteiger partial charge in [-0.05, 0) is 35.9 Å². The predicted molar refractivity (Wildman–Crippen MR) is 104 cm³/mol. The summed E-state index contributed by atoms with van der Waals surface area (Å²) in [5.41, 5.74) is 2.03. The van der Waals surface area contributed by atoms with Gasteiger partial charge in [-0.25, -0.2) is 0 Å². The molecule has 6 heteroatoms. The van der Waals surface area contributed by atoms with E-state index in [-0.39, 0.29) is 17.3 Å². The van der Waals surface area contributed by atoms with E-state index in [9.17, 15) is 9.90 Å². The van der Waals surface area contributed by atoms with Gasteiger partial charge in [-0.3, -0.25) is 4.79 Å². The molecule has 140 valence electrons. The van der Waals surface area contributed by atoms with Crippen molar-refractivity contribution < 1.29 is 24.4 Å². The standard InChI is InChI=1S/C21H21ClN2O3/c1-23-7-9-24(10-8-23)13-17-18(25)6-5-16-20(26)19(27-21(16)17)12-14-3-2-4-15(22)11-14/h2-6,11-12,25H,7-10,13H2,1H3/p+2/b19-12-. The maximum absolute atomic E-state index is 12.8. The van der Waals surface area contributed by atoms with Crippen LogP contribution in [0.1, 0.15) is 21.5 Å². The van der Waals surface area contributed by atoms with Crippen molar-refractivity contribution in [3.05, 3.63) is 63.9 Å². The summed E-state index contributed by atoms with van der Waals surface area (Å²) in [6.45, 7) is 4.93. The van der Waals surface area contributed by atoms with Crippen molar-refractivity contribution in [2.75, 3.05) is 33.2 Å². The molecule has 1 fully saturated rings. The minimum Gasteiger partial charge on any atom is -0.507 e. The second-order valence-corrected chi connectivity index (χ2v) is 7.76. The maximum Gasteiger partial charge on any atom is 0.231 e. The molecule has 0 aromatic heterocycles. The zero-order chi connectivity index (χ0) is 19.0. The molecule has 2 aliphatic rings.